The lowest BCUT2D eigenvalue weighted by Gasteiger charge is -2.25. The maximum Gasteiger partial charge on any atom is 0.0354 e. The van der Waals surface area contributed by atoms with Gasteiger partial charge in [-0.1, -0.05) is 33.1 Å². The molecular weight excluding hydrogens is 202 g/mol. The maximum absolute atomic E-state index is 3.47. The van der Waals surface area contributed by atoms with Gasteiger partial charge in [0.2, 0.25) is 0 Å². The van der Waals surface area contributed by atoms with Crippen LogP contribution in [-0.4, -0.2) is 7.05 Å². The van der Waals surface area contributed by atoms with Gasteiger partial charge in [0.05, 0.1) is 0 Å². The Morgan fingerprint density at radius 1 is 1.40 bits per heavy atom. The number of unbranched alkanes of at least 4 members (excludes halogenated alkanes) is 1. The molecule has 1 aromatic rings. The van der Waals surface area contributed by atoms with Crippen molar-refractivity contribution < 1.29 is 0 Å². The van der Waals surface area contributed by atoms with Gasteiger partial charge in [0.15, 0.2) is 0 Å². The lowest BCUT2D eigenvalue weighted by molar-refractivity contribution is 0.339. The molecule has 0 saturated heterocycles. The molecular formula is C13H23NS. The van der Waals surface area contributed by atoms with Gasteiger partial charge in [-0.3, -0.25) is 0 Å². The minimum atomic E-state index is 0.549. The van der Waals surface area contributed by atoms with E-state index in [4.69, 9.17) is 0 Å². The molecule has 0 fully saturated rings. The number of rotatable bonds is 7. The zero-order valence-electron chi connectivity index (χ0n) is 10.1. The van der Waals surface area contributed by atoms with E-state index in [-0.39, 0.29) is 0 Å². The lowest BCUT2D eigenvalue weighted by atomic mass is 9.88. The first-order chi connectivity index (χ1) is 7.33. The molecule has 0 bridgehead atoms. The zero-order chi connectivity index (χ0) is 11.1. The van der Waals surface area contributed by atoms with Crippen molar-refractivity contribution >= 4 is 11.3 Å². The maximum atomic E-state index is 3.47. The van der Waals surface area contributed by atoms with Gasteiger partial charge in [0, 0.05) is 6.04 Å². The molecule has 0 spiro atoms. The van der Waals surface area contributed by atoms with Gasteiger partial charge >= 0.3 is 0 Å². The molecule has 1 N–H and O–H groups in total. The molecule has 0 radical (unpaired) electrons. The summed E-state index contributed by atoms with van der Waals surface area (Å²) in [7, 11) is 2.08. The van der Waals surface area contributed by atoms with Gasteiger partial charge in [-0.05, 0) is 41.8 Å². The monoisotopic (exact) mass is 225 g/mol. The Bertz CT molecular complexity index is 243. The van der Waals surface area contributed by atoms with E-state index in [9.17, 15) is 0 Å². The molecule has 0 saturated carbocycles. The van der Waals surface area contributed by atoms with Gasteiger partial charge in [-0.15, -0.1) is 0 Å². The third-order valence-corrected chi connectivity index (χ3v) is 3.84. The fourth-order valence-electron chi connectivity index (χ4n) is 2.20. The van der Waals surface area contributed by atoms with Crippen LogP contribution in [0, 0.1) is 5.92 Å². The molecule has 15 heavy (non-hydrogen) atoms. The molecule has 1 heterocycles. The smallest absolute Gasteiger partial charge is 0.0354 e. The van der Waals surface area contributed by atoms with E-state index < -0.39 is 0 Å². The molecule has 2 unspecified atom stereocenters. The highest BCUT2D eigenvalue weighted by molar-refractivity contribution is 7.07. The van der Waals surface area contributed by atoms with E-state index in [1.807, 2.05) is 0 Å². The van der Waals surface area contributed by atoms with Crippen molar-refractivity contribution in [3.05, 3.63) is 22.4 Å². The van der Waals surface area contributed by atoms with Crippen molar-refractivity contribution in [2.45, 2.75) is 45.6 Å². The van der Waals surface area contributed by atoms with Crippen LogP contribution in [0.25, 0.3) is 0 Å². The minimum Gasteiger partial charge on any atom is -0.313 e. The number of thiophene rings is 1. The molecule has 0 aromatic carbocycles. The predicted molar refractivity (Wildman–Crippen MR) is 69.4 cm³/mol. The molecule has 0 aliphatic carbocycles. The van der Waals surface area contributed by atoms with Crippen LogP contribution in [-0.2, 0) is 0 Å². The number of hydrogen-bond donors (Lipinski definition) is 1. The average molecular weight is 225 g/mol. The topological polar surface area (TPSA) is 12.0 Å². The van der Waals surface area contributed by atoms with Gasteiger partial charge in [-0.2, -0.15) is 11.3 Å². The Kier molecular flexibility index (Phi) is 5.96. The van der Waals surface area contributed by atoms with Crippen molar-refractivity contribution in [1.29, 1.82) is 0 Å². The normalized spacial score (nSPS) is 15.1. The van der Waals surface area contributed by atoms with E-state index >= 15 is 0 Å². The van der Waals surface area contributed by atoms with Crippen molar-refractivity contribution in [1.82, 2.24) is 5.32 Å². The third-order valence-electron chi connectivity index (χ3n) is 3.14. The molecule has 0 amide bonds. The first kappa shape index (κ1) is 12.7. The Morgan fingerprint density at radius 3 is 2.67 bits per heavy atom. The zero-order valence-corrected chi connectivity index (χ0v) is 10.9. The van der Waals surface area contributed by atoms with Crippen LogP contribution < -0.4 is 5.32 Å². The second-order valence-electron chi connectivity index (χ2n) is 4.13. The Morgan fingerprint density at radius 2 is 2.20 bits per heavy atom. The Labute approximate surface area is 97.9 Å². The molecule has 0 aliphatic heterocycles. The summed E-state index contributed by atoms with van der Waals surface area (Å²) in [6, 6.07) is 2.80. The highest BCUT2D eigenvalue weighted by Crippen LogP contribution is 2.29. The van der Waals surface area contributed by atoms with Crippen molar-refractivity contribution in [2.24, 2.45) is 5.92 Å². The fourth-order valence-corrected chi connectivity index (χ4v) is 2.90. The highest BCUT2D eigenvalue weighted by Gasteiger charge is 2.19. The first-order valence-corrected chi connectivity index (χ1v) is 6.97. The van der Waals surface area contributed by atoms with Crippen molar-refractivity contribution in [3.63, 3.8) is 0 Å². The molecule has 0 aliphatic rings. The highest BCUT2D eigenvalue weighted by atomic mass is 32.1. The lowest BCUT2D eigenvalue weighted by Crippen LogP contribution is -2.24. The first-order valence-electron chi connectivity index (χ1n) is 6.02. The Balaban J connectivity index is 2.62. The van der Waals surface area contributed by atoms with Gasteiger partial charge in [0.25, 0.3) is 0 Å². The average Bonchev–Trinajstić information content (AvgIpc) is 2.77. The summed E-state index contributed by atoms with van der Waals surface area (Å²) in [4.78, 5) is 0. The van der Waals surface area contributed by atoms with E-state index in [0.717, 1.165) is 5.92 Å². The summed E-state index contributed by atoms with van der Waals surface area (Å²) >= 11 is 1.80. The minimum absolute atomic E-state index is 0.549. The summed E-state index contributed by atoms with van der Waals surface area (Å²) < 4.78 is 0. The molecule has 1 nitrogen and oxygen atoms in total. The van der Waals surface area contributed by atoms with Crippen LogP contribution in [0.5, 0.6) is 0 Å². The summed E-state index contributed by atoms with van der Waals surface area (Å²) in [5.74, 6) is 0.782. The Hall–Kier alpha value is -0.340. The summed E-state index contributed by atoms with van der Waals surface area (Å²) in [5, 5.41) is 7.92. The van der Waals surface area contributed by atoms with Crippen molar-refractivity contribution in [3.8, 4) is 0 Å². The number of nitrogens with one attached hydrogen (secondary N) is 1. The largest absolute Gasteiger partial charge is 0.313 e. The SMILES string of the molecule is CCCCC(CC)C(NC)c1ccsc1. The summed E-state index contributed by atoms with van der Waals surface area (Å²) in [6.07, 6.45) is 5.26. The van der Waals surface area contributed by atoms with Crippen LogP contribution in [0.1, 0.15) is 51.1 Å². The van der Waals surface area contributed by atoms with Gasteiger partial charge < -0.3 is 5.32 Å². The van der Waals surface area contributed by atoms with Crippen LogP contribution in [0.2, 0.25) is 0 Å². The van der Waals surface area contributed by atoms with Crippen molar-refractivity contribution in [2.75, 3.05) is 7.05 Å². The molecule has 1 rings (SSSR count). The molecule has 1 aromatic heterocycles. The van der Waals surface area contributed by atoms with E-state index in [2.05, 4.69) is 43.0 Å². The molecule has 2 heteroatoms. The number of hydrogen-bond acceptors (Lipinski definition) is 2. The van der Waals surface area contributed by atoms with Crippen LogP contribution in [0.4, 0.5) is 0 Å². The van der Waals surface area contributed by atoms with Crippen LogP contribution >= 0.6 is 11.3 Å². The summed E-state index contributed by atoms with van der Waals surface area (Å²) in [5.41, 5.74) is 1.46. The predicted octanol–water partition coefficient (Wildman–Crippen LogP) is 4.23. The third kappa shape index (κ3) is 3.62. The van der Waals surface area contributed by atoms with Gasteiger partial charge in [0.1, 0.15) is 0 Å². The van der Waals surface area contributed by atoms with Gasteiger partial charge in [-0.25, -0.2) is 0 Å². The van der Waals surface area contributed by atoms with Crippen LogP contribution in [0.3, 0.4) is 0 Å². The fraction of sp³-hybridized carbons (Fsp3) is 0.692. The van der Waals surface area contributed by atoms with E-state index in [1.54, 1.807) is 11.3 Å². The second kappa shape index (κ2) is 7.02. The molecule has 86 valence electrons. The standard InChI is InChI=1S/C13H23NS/c1-4-6-7-11(5-2)13(14-3)12-8-9-15-10-12/h8-11,13-14H,4-7H2,1-3H3. The van der Waals surface area contributed by atoms with E-state index in [0.29, 0.717) is 6.04 Å². The molecule has 2 atom stereocenters. The quantitative estimate of drug-likeness (QED) is 0.732. The van der Waals surface area contributed by atoms with Crippen LogP contribution in [0.15, 0.2) is 16.8 Å². The summed E-state index contributed by atoms with van der Waals surface area (Å²) in [6.45, 7) is 4.57. The van der Waals surface area contributed by atoms with E-state index in [1.165, 1.54) is 31.2 Å². The second-order valence-corrected chi connectivity index (χ2v) is 4.91.